The van der Waals surface area contributed by atoms with Gasteiger partial charge in [0.15, 0.2) is 0 Å². The molecule has 7 heteroatoms. The average molecular weight is 302 g/mol. The van der Waals surface area contributed by atoms with Crippen LogP contribution in [0.1, 0.15) is 46.0 Å². The Balaban J connectivity index is 3.60. The summed E-state index contributed by atoms with van der Waals surface area (Å²) in [5.41, 5.74) is 0. The molecule has 0 aliphatic carbocycles. The van der Waals surface area contributed by atoms with Gasteiger partial charge < -0.3 is 15.2 Å². The van der Waals surface area contributed by atoms with E-state index in [9.17, 15) is 14.4 Å². The largest absolute Gasteiger partial charge is 0.481 e. The molecule has 0 aliphatic heterocycles. The maximum Gasteiger partial charge on any atom is 0.321 e. The molecule has 0 saturated carbocycles. The molecule has 0 rings (SSSR count). The Morgan fingerprint density at radius 1 is 1.14 bits per heavy atom. The predicted octanol–water partition coefficient (Wildman–Crippen LogP) is 1.52. The van der Waals surface area contributed by atoms with Crippen molar-refractivity contribution in [2.45, 2.75) is 46.0 Å². The number of unbranched alkanes of at least 4 members (excludes halogenated alkanes) is 1. The van der Waals surface area contributed by atoms with Gasteiger partial charge in [0.2, 0.25) is 5.91 Å². The van der Waals surface area contributed by atoms with Crippen LogP contribution < -0.4 is 10.6 Å². The van der Waals surface area contributed by atoms with Crippen LogP contribution in [0.25, 0.3) is 0 Å². The Morgan fingerprint density at radius 3 is 2.43 bits per heavy atom. The molecule has 3 amide bonds. The summed E-state index contributed by atoms with van der Waals surface area (Å²) in [4.78, 5) is 33.3. The number of carbonyl (C=O) groups excluding carboxylic acids is 2. The van der Waals surface area contributed by atoms with E-state index < -0.39 is 17.9 Å². The number of aliphatic carboxylic acids is 1. The SMILES string of the molecule is CCCCOCCCNC(=O)NC(=O)CC(C)CC(=O)O. The summed E-state index contributed by atoms with van der Waals surface area (Å²) in [7, 11) is 0. The molecule has 0 heterocycles. The fourth-order valence-electron chi connectivity index (χ4n) is 1.63. The number of carbonyl (C=O) groups is 3. The third kappa shape index (κ3) is 13.1. The summed E-state index contributed by atoms with van der Waals surface area (Å²) in [5, 5.41) is 13.3. The normalized spacial score (nSPS) is 11.7. The molecule has 0 bridgehead atoms. The van der Waals surface area contributed by atoms with Crippen LogP contribution in [0.3, 0.4) is 0 Å². The number of nitrogens with one attached hydrogen (secondary N) is 2. The van der Waals surface area contributed by atoms with E-state index in [-0.39, 0.29) is 18.8 Å². The van der Waals surface area contributed by atoms with Gasteiger partial charge >= 0.3 is 12.0 Å². The molecular formula is C14H26N2O5. The molecule has 1 atom stereocenters. The Hall–Kier alpha value is -1.63. The van der Waals surface area contributed by atoms with Crippen LogP contribution >= 0.6 is 0 Å². The van der Waals surface area contributed by atoms with Crippen molar-refractivity contribution in [3.63, 3.8) is 0 Å². The molecule has 0 aromatic carbocycles. The van der Waals surface area contributed by atoms with E-state index in [1.165, 1.54) is 0 Å². The summed E-state index contributed by atoms with van der Waals surface area (Å²) in [6, 6.07) is -0.559. The van der Waals surface area contributed by atoms with E-state index in [0.29, 0.717) is 19.6 Å². The summed E-state index contributed by atoms with van der Waals surface area (Å²) >= 11 is 0. The number of urea groups is 1. The second-order valence-corrected chi connectivity index (χ2v) is 5.03. The third-order valence-corrected chi connectivity index (χ3v) is 2.70. The van der Waals surface area contributed by atoms with Crippen LogP contribution in [-0.4, -0.2) is 42.8 Å². The lowest BCUT2D eigenvalue weighted by atomic mass is 10.0. The highest BCUT2D eigenvalue weighted by Gasteiger charge is 2.14. The van der Waals surface area contributed by atoms with Gasteiger partial charge in [-0.15, -0.1) is 0 Å². The maximum atomic E-state index is 11.5. The van der Waals surface area contributed by atoms with Crippen molar-refractivity contribution < 1.29 is 24.2 Å². The van der Waals surface area contributed by atoms with Crippen LogP contribution in [0.2, 0.25) is 0 Å². The van der Waals surface area contributed by atoms with Crippen molar-refractivity contribution in [2.24, 2.45) is 5.92 Å². The van der Waals surface area contributed by atoms with Crippen LogP contribution in [-0.2, 0) is 14.3 Å². The van der Waals surface area contributed by atoms with E-state index in [0.717, 1.165) is 19.4 Å². The quantitative estimate of drug-likeness (QED) is 0.502. The van der Waals surface area contributed by atoms with Crippen molar-refractivity contribution in [3.05, 3.63) is 0 Å². The smallest absolute Gasteiger partial charge is 0.321 e. The zero-order valence-electron chi connectivity index (χ0n) is 12.8. The summed E-state index contributed by atoms with van der Waals surface area (Å²) < 4.78 is 5.33. The number of carboxylic acids is 1. The first-order valence-electron chi connectivity index (χ1n) is 7.32. The Bertz CT molecular complexity index is 333. The topological polar surface area (TPSA) is 105 Å². The zero-order valence-corrected chi connectivity index (χ0v) is 12.8. The van der Waals surface area contributed by atoms with Gasteiger partial charge in [-0.05, 0) is 18.8 Å². The second kappa shape index (κ2) is 12.1. The zero-order chi connectivity index (χ0) is 16.1. The summed E-state index contributed by atoms with van der Waals surface area (Å²) in [5.74, 6) is -1.73. The maximum absolute atomic E-state index is 11.5. The Labute approximate surface area is 125 Å². The number of hydrogen-bond donors (Lipinski definition) is 3. The van der Waals surface area contributed by atoms with Gasteiger partial charge in [-0.1, -0.05) is 20.3 Å². The summed E-state index contributed by atoms with van der Waals surface area (Å²) in [6.07, 6.45) is 2.71. The molecule has 7 nitrogen and oxygen atoms in total. The predicted molar refractivity (Wildman–Crippen MR) is 77.9 cm³/mol. The van der Waals surface area contributed by atoms with E-state index in [4.69, 9.17) is 9.84 Å². The number of amides is 3. The molecule has 0 spiro atoms. The van der Waals surface area contributed by atoms with Crippen molar-refractivity contribution in [2.75, 3.05) is 19.8 Å². The first-order chi connectivity index (χ1) is 9.95. The number of carboxylic acid groups (broad SMARTS) is 1. The molecule has 3 N–H and O–H groups in total. The first kappa shape index (κ1) is 19.4. The molecular weight excluding hydrogens is 276 g/mol. The average Bonchev–Trinajstić information content (AvgIpc) is 2.36. The van der Waals surface area contributed by atoms with Gasteiger partial charge in [0.1, 0.15) is 0 Å². The minimum atomic E-state index is -0.956. The molecule has 21 heavy (non-hydrogen) atoms. The van der Waals surface area contributed by atoms with Crippen LogP contribution in [0.15, 0.2) is 0 Å². The van der Waals surface area contributed by atoms with E-state index in [1.807, 2.05) is 0 Å². The van der Waals surface area contributed by atoms with Crippen molar-refractivity contribution in [3.8, 4) is 0 Å². The van der Waals surface area contributed by atoms with Crippen LogP contribution in [0, 0.1) is 5.92 Å². The molecule has 122 valence electrons. The van der Waals surface area contributed by atoms with Crippen molar-refractivity contribution in [1.29, 1.82) is 0 Å². The highest BCUT2D eigenvalue weighted by atomic mass is 16.5. The number of ether oxygens (including phenoxy) is 1. The molecule has 0 radical (unpaired) electrons. The van der Waals surface area contributed by atoms with Gasteiger partial charge in [-0.3, -0.25) is 14.9 Å². The van der Waals surface area contributed by atoms with Crippen molar-refractivity contribution >= 4 is 17.9 Å². The fraction of sp³-hybridized carbons (Fsp3) is 0.786. The van der Waals surface area contributed by atoms with E-state index >= 15 is 0 Å². The van der Waals surface area contributed by atoms with Gasteiger partial charge in [-0.25, -0.2) is 4.79 Å². The van der Waals surface area contributed by atoms with Gasteiger partial charge in [0, 0.05) is 32.6 Å². The van der Waals surface area contributed by atoms with Gasteiger partial charge in [0.05, 0.1) is 0 Å². The Morgan fingerprint density at radius 2 is 1.81 bits per heavy atom. The lowest BCUT2D eigenvalue weighted by Crippen LogP contribution is -2.40. The monoisotopic (exact) mass is 302 g/mol. The molecule has 0 fully saturated rings. The standard InChI is InChI=1S/C14H26N2O5/c1-3-4-7-21-8-5-6-15-14(20)16-12(17)9-11(2)10-13(18)19/h11H,3-10H2,1-2H3,(H,18,19)(H2,15,16,17,20). The Kier molecular flexibility index (Phi) is 11.2. The third-order valence-electron chi connectivity index (χ3n) is 2.70. The molecule has 0 saturated heterocycles. The highest BCUT2D eigenvalue weighted by molar-refractivity contribution is 5.94. The van der Waals surface area contributed by atoms with Gasteiger partial charge in [-0.2, -0.15) is 0 Å². The number of imide groups is 1. The van der Waals surface area contributed by atoms with Gasteiger partial charge in [0.25, 0.3) is 0 Å². The lowest BCUT2D eigenvalue weighted by Gasteiger charge is -2.09. The minimum Gasteiger partial charge on any atom is -0.481 e. The van der Waals surface area contributed by atoms with E-state index in [2.05, 4.69) is 17.6 Å². The van der Waals surface area contributed by atoms with Crippen LogP contribution in [0.4, 0.5) is 4.79 Å². The van der Waals surface area contributed by atoms with Crippen molar-refractivity contribution in [1.82, 2.24) is 10.6 Å². The molecule has 0 aliphatic rings. The van der Waals surface area contributed by atoms with Crippen LogP contribution in [0.5, 0.6) is 0 Å². The molecule has 0 aromatic heterocycles. The number of rotatable bonds is 11. The number of hydrogen-bond acceptors (Lipinski definition) is 4. The minimum absolute atomic E-state index is 0.0137. The first-order valence-corrected chi connectivity index (χ1v) is 7.32. The summed E-state index contributed by atoms with van der Waals surface area (Å²) in [6.45, 7) is 5.46. The van der Waals surface area contributed by atoms with E-state index in [1.54, 1.807) is 6.92 Å². The molecule has 0 aromatic rings. The fourth-order valence-corrected chi connectivity index (χ4v) is 1.63. The lowest BCUT2D eigenvalue weighted by molar-refractivity contribution is -0.138. The highest BCUT2D eigenvalue weighted by Crippen LogP contribution is 2.06. The molecule has 1 unspecified atom stereocenters. The second-order valence-electron chi connectivity index (χ2n) is 5.03.